The van der Waals surface area contributed by atoms with Gasteiger partial charge in [0.2, 0.25) is 0 Å². The van der Waals surface area contributed by atoms with Gasteiger partial charge in [0.15, 0.2) is 17.0 Å². The lowest BCUT2D eigenvalue weighted by Gasteiger charge is -2.15. The summed E-state index contributed by atoms with van der Waals surface area (Å²) in [5, 5.41) is 9.07. The highest BCUT2D eigenvalue weighted by atomic mass is 19.1. The van der Waals surface area contributed by atoms with Gasteiger partial charge in [0.1, 0.15) is 5.82 Å². The molecule has 3 aromatic rings. The average Bonchev–Trinajstić information content (AvgIpc) is 2.57. The van der Waals surface area contributed by atoms with E-state index in [4.69, 9.17) is 4.74 Å². The van der Waals surface area contributed by atoms with Crippen molar-refractivity contribution in [1.29, 1.82) is 0 Å². The molecule has 25 heavy (non-hydrogen) atoms. The molecular weight excluding hydrogens is 332 g/mol. The van der Waals surface area contributed by atoms with E-state index in [9.17, 15) is 23.5 Å². The number of carbonyl (C=O) groups is 1. The number of phenols is 1. The third-order valence-corrected chi connectivity index (χ3v) is 3.68. The monoisotopic (exact) mass is 345 g/mol. The van der Waals surface area contributed by atoms with E-state index in [1.807, 2.05) is 0 Å². The number of halogens is 2. The largest absolute Gasteiger partial charge is 0.505 e. The van der Waals surface area contributed by atoms with Crippen LogP contribution in [-0.4, -0.2) is 22.4 Å². The van der Waals surface area contributed by atoms with Crippen LogP contribution in [0.4, 0.5) is 13.6 Å². The van der Waals surface area contributed by atoms with Gasteiger partial charge in [-0.3, -0.25) is 4.79 Å². The first kappa shape index (κ1) is 16.6. The summed E-state index contributed by atoms with van der Waals surface area (Å²) in [4.78, 5) is 24.7. The molecule has 0 aliphatic carbocycles. The second-order valence-corrected chi connectivity index (χ2v) is 5.23. The van der Waals surface area contributed by atoms with E-state index in [2.05, 4.69) is 0 Å². The second-order valence-electron chi connectivity index (χ2n) is 5.23. The fourth-order valence-electron chi connectivity index (χ4n) is 2.60. The summed E-state index contributed by atoms with van der Waals surface area (Å²) in [6, 6.07) is 8.32. The molecule has 0 atom stereocenters. The molecule has 128 valence electrons. The smallest absolute Gasteiger partial charge is 0.418 e. The van der Waals surface area contributed by atoms with Crippen molar-refractivity contribution in [3.63, 3.8) is 0 Å². The van der Waals surface area contributed by atoms with Gasteiger partial charge in [0.05, 0.1) is 23.2 Å². The average molecular weight is 345 g/mol. The molecular formula is C18H13F2NO4. The molecule has 0 aliphatic heterocycles. The van der Waals surface area contributed by atoms with Crippen molar-refractivity contribution in [3.05, 3.63) is 64.3 Å². The predicted octanol–water partition coefficient (Wildman–Crippen LogP) is 3.66. The van der Waals surface area contributed by atoms with Crippen LogP contribution in [-0.2, 0) is 4.74 Å². The summed E-state index contributed by atoms with van der Waals surface area (Å²) >= 11 is 0. The van der Waals surface area contributed by atoms with Crippen LogP contribution in [0.2, 0.25) is 0 Å². The maximum Gasteiger partial charge on any atom is 0.418 e. The lowest BCUT2D eigenvalue weighted by Crippen LogP contribution is -2.20. The van der Waals surface area contributed by atoms with Crippen LogP contribution in [0.3, 0.4) is 0 Å². The Kier molecular flexibility index (Phi) is 4.22. The minimum absolute atomic E-state index is 0.00873. The Morgan fingerprint density at radius 2 is 1.92 bits per heavy atom. The molecule has 1 heterocycles. The Morgan fingerprint density at radius 3 is 2.60 bits per heavy atom. The molecule has 7 heteroatoms. The molecule has 1 aromatic heterocycles. The molecule has 0 amide bonds. The molecule has 0 saturated carbocycles. The van der Waals surface area contributed by atoms with E-state index in [0.29, 0.717) is 0 Å². The topological polar surface area (TPSA) is 68.5 Å². The fourth-order valence-corrected chi connectivity index (χ4v) is 2.60. The summed E-state index contributed by atoms with van der Waals surface area (Å²) in [5.74, 6) is -2.26. The predicted molar refractivity (Wildman–Crippen MR) is 87.6 cm³/mol. The normalized spacial score (nSPS) is 10.8. The van der Waals surface area contributed by atoms with E-state index < -0.39 is 28.9 Å². The zero-order valence-electron chi connectivity index (χ0n) is 13.1. The van der Waals surface area contributed by atoms with Gasteiger partial charge in [-0.1, -0.05) is 6.07 Å². The highest BCUT2D eigenvalue weighted by Gasteiger charge is 2.19. The lowest BCUT2D eigenvalue weighted by atomic mass is 10.1. The number of phenolic OH excluding ortho intramolecular Hbond substituents is 1. The van der Waals surface area contributed by atoms with Crippen LogP contribution in [0.1, 0.15) is 6.92 Å². The third-order valence-electron chi connectivity index (χ3n) is 3.68. The number of hydrogen-bond acceptors (Lipinski definition) is 4. The van der Waals surface area contributed by atoms with Gasteiger partial charge in [-0.25, -0.2) is 18.1 Å². The Morgan fingerprint density at radius 1 is 1.16 bits per heavy atom. The Bertz CT molecular complexity index is 1040. The minimum atomic E-state index is -0.917. The van der Waals surface area contributed by atoms with E-state index in [0.717, 1.165) is 28.8 Å². The first-order valence-corrected chi connectivity index (χ1v) is 7.44. The number of benzene rings is 2. The van der Waals surface area contributed by atoms with Gasteiger partial charge in [0, 0.05) is 11.6 Å². The van der Waals surface area contributed by atoms with Crippen LogP contribution in [0.15, 0.2) is 47.3 Å². The molecule has 0 spiro atoms. The van der Waals surface area contributed by atoms with Crippen molar-refractivity contribution in [1.82, 2.24) is 4.57 Å². The van der Waals surface area contributed by atoms with E-state index >= 15 is 0 Å². The summed E-state index contributed by atoms with van der Waals surface area (Å²) in [5.41, 5.74) is -0.460. The van der Waals surface area contributed by atoms with Crippen LogP contribution in [0, 0.1) is 11.6 Å². The Labute approximate surface area is 140 Å². The molecule has 0 radical (unpaired) electrons. The molecule has 0 saturated heterocycles. The number of fused-ring (bicyclic) bond motifs is 1. The number of ether oxygens (including phenoxy) is 1. The van der Waals surface area contributed by atoms with Crippen molar-refractivity contribution in [2.75, 3.05) is 6.61 Å². The summed E-state index contributed by atoms with van der Waals surface area (Å²) in [7, 11) is 0. The standard InChI is InChI=1S/C18H13F2NO4/c1-2-25-18(24)21-13-5-3-4-11(19)17(13)16(23)9-14(21)10-6-7-15(22)12(20)8-10/h3-9,22H,2H2,1H3. The van der Waals surface area contributed by atoms with Crippen molar-refractivity contribution < 1.29 is 23.4 Å². The quantitative estimate of drug-likeness (QED) is 0.770. The molecule has 3 rings (SSSR count). The number of nitrogens with zero attached hydrogens (tertiary/aromatic N) is 1. The van der Waals surface area contributed by atoms with Gasteiger partial charge in [0.25, 0.3) is 0 Å². The van der Waals surface area contributed by atoms with Gasteiger partial charge in [-0.05, 0) is 37.3 Å². The Balaban J connectivity index is 2.41. The fraction of sp³-hybridized carbons (Fsp3) is 0.111. The molecule has 0 aliphatic rings. The van der Waals surface area contributed by atoms with Crippen LogP contribution < -0.4 is 5.43 Å². The highest BCUT2D eigenvalue weighted by molar-refractivity contribution is 5.92. The molecule has 0 bridgehead atoms. The Hall–Kier alpha value is -3.22. The maximum absolute atomic E-state index is 14.1. The zero-order chi connectivity index (χ0) is 18.1. The molecule has 0 fully saturated rings. The van der Waals surface area contributed by atoms with Crippen molar-refractivity contribution in [2.24, 2.45) is 0 Å². The number of rotatable bonds is 2. The van der Waals surface area contributed by atoms with Gasteiger partial charge in [-0.2, -0.15) is 0 Å². The van der Waals surface area contributed by atoms with Crippen molar-refractivity contribution in [3.8, 4) is 17.0 Å². The van der Waals surface area contributed by atoms with E-state index in [1.54, 1.807) is 6.92 Å². The number of aromatic hydroxyl groups is 1. The second kappa shape index (κ2) is 6.35. The first-order valence-electron chi connectivity index (χ1n) is 7.44. The summed E-state index contributed by atoms with van der Waals surface area (Å²) in [6.45, 7) is 1.66. The van der Waals surface area contributed by atoms with Crippen molar-refractivity contribution in [2.45, 2.75) is 6.92 Å². The minimum Gasteiger partial charge on any atom is -0.505 e. The van der Waals surface area contributed by atoms with Crippen LogP contribution in [0.25, 0.3) is 22.2 Å². The molecule has 0 unspecified atom stereocenters. The first-order chi connectivity index (χ1) is 11.9. The van der Waals surface area contributed by atoms with E-state index in [1.165, 1.54) is 18.2 Å². The van der Waals surface area contributed by atoms with Crippen LogP contribution in [0.5, 0.6) is 5.75 Å². The highest BCUT2D eigenvalue weighted by Crippen LogP contribution is 2.27. The zero-order valence-corrected chi connectivity index (χ0v) is 13.1. The summed E-state index contributed by atoms with van der Waals surface area (Å²) < 4.78 is 33.8. The SMILES string of the molecule is CCOC(=O)n1c(-c2ccc(O)c(F)c2)cc(=O)c2c(F)cccc21. The molecule has 5 nitrogen and oxygen atoms in total. The van der Waals surface area contributed by atoms with E-state index in [-0.39, 0.29) is 28.8 Å². The number of aromatic nitrogens is 1. The number of carbonyl (C=O) groups excluding carboxylic acids is 1. The molecule has 1 N–H and O–H groups in total. The van der Waals surface area contributed by atoms with Gasteiger partial charge >= 0.3 is 6.09 Å². The summed E-state index contributed by atoms with van der Waals surface area (Å²) in [6.07, 6.45) is -0.832. The maximum atomic E-state index is 14.1. The third kappa shape index (κ3) is 2.84. The lowest BCUT2D eigenvalue weighted by molar-refractivity contribution is 0.155. The van der Waals surface area contributed by atoms with Gasteiger partial charge < -0.3 is 9.84 Å². The number of pyridine rings is 1. The number of hydrogen-bond donors (Lipinski definition) is 1. The van der Waals surface area contributed by atoms with Crippen LogP contribution >= 0.6 is 0 Å². The molecule has 2 aromatic carbocycles. The van der Waals surface area contributed by atoms with Crippen molar-refractivity contribution >= 4 is 17.0 Å². The van der Waals surface area contributed by atoms with Gasteiger partial charge in [-0.15, -0.1) is 0 Å².